The van der Waals surface area contributed by atoms with Crippen molar-refractivity contribution in [3.8, 4) is 0 Å². The Morgan fingerprint density at radius 3 is 2.79 bits per heavy atom. The first-order chi connectivity index (χ1) is 6.54. The quantitative estimate of drug-likeness (QED) is 0.576. The summed E-state index contributed by atoms with van der Waals surface area (Å²) in [7, 11) is 1.30. The molecule has 0 aromatic heterocycles. The molecule has 0 aliphatic rings. The van der Waals surface area contributed by atoms with Crippen molar-refractivity contribution >= 4 is 11.7 Å². The van der Waals surface area contributed by atoms with Crippen molar-refractivity contribution in [3.05, 3.63) is 29.1 Å². The Bertz CT molecular complexity index is 363. The first-order valence-electron chi connectivity index (χ1n) is 4.16. The van der Waals surface area contributed by atoms with Crippen LogP contribution in [0.5, 0.6) is 0 Å². The number of methoxy groups -OCH3 is 1. The zero-order valence-electron chi connectivity index (χ0n) is 8.13. The van der Waals surface area contributed by atoms with Crippen LogP contribution in [0.3, 0.4) is 0 Å². The van der Waals surface area contributed by atoms with Crippen LogP contribution in [-0.4, -0.2) is 13.1 Å². The maximum absolute atomic E-state index is 13.0. The van der Waals surface area contributed by atoms with Crippen LogP contribution in [0.2, 0.25) is 0 Å². The third-order valence-corrected chi connectivity index (χ3v) is 2.02. The molecule has 1 aromatic rings. The molecule has 3 nitrogen and oxygen atoms in total. The largest absolute Gasteiger partial charge is 0.469 e. The van der Waals surface area contributed by atoms with Crippen LogP contribution in [0.1, 0.15) is 11.1 Å². The van der Waals surface area contributed by atoms with E-state index in [2.05, 4.69) is 4.74 Å². The maximum atomic E-state index is 13.0. The molecular weight excluding hydrogens is 185 g/mol. The molecular formula is C10H12FNO2. The van der Waals surface area contributed by atoms with Crippen LogP contribution < -0.4 is 5.73 Å². The predicted octanol–water partition coefficient (Wildman–Crippen LogP) is 1.43. The smallest absolute Gasteiger partial charge is 0.309 e. The second-order valence-corrected chi connectivity index (χ2v) is 3.05. The van der Waals surface area contributed by atoms with E-state index in [1.807, 2.05) is 0 Å². The number of ether oxygens (including phenoxy) is 1. The van der Waals surface area contributed by atoms with Gasteiger partial charge in [-0.15, -0.1) is 0 Å². The molecule has 0 bridgehead atoms. The van der Waals surface area contributed by atoms with E-state index in [0.29, 0.717) is 5.56 Å². The fourth-order valence-corrected chi connectivity index (χ4v) is 1.16. The summed E-state index contributed by atoms with van der Waals surface area (Å²) in [6.45, 7) is 1.77. The second kappa shape index (κ2) is 4.09. The second-order valence-electron chi connectivity index (χ2n) is 3.05. The monoisotopic (exact) mass is 197 g/mol. The summed E-state index contributed by atoms with van der Waals surface area (Å²) in [5, 5.41) is 0. The molecule has 1 rings (SSSR count). The minimum absolute atomic E-state index is 0.0690. The number of carbonyl (C=O) groups excluding carboxylic acids is 1. The first kappa shape index (κ1) is 10.5. The van der Waals surface area contributed by atoms with E-state index in [4.69, 9.17) is 5.73 Å². The number of esters is 1. The molecule has 4 heteroatoms. The van der Waals surface area contributed by atoms with Crippen LogP contribution in [0.15, 0.2) is 12.1 Å². The number of aryl methyl sites for hydroxylation is 1. The highest BCUT2D eigenvalue weighted by Gasteiger charge is 2.09. The Morgan fingerprint density at radius 2 is 2.21 bits per heavy atom. The molecule has 0 aliphatic heterocycles. The van der Waals surface area contributed by atoms with Gasteiger partial charge in [-0.1, -0.05) is 0 Å². The first-order valence-corrected chi connectivity index (χ1v) is 4.16. The van der Waals surface area contributed by atoms with Crippen molar-refractivity contribution in [1.82, 2.24) is 0 Å². The lowest BCUT2D eigenvalue weighted by Crippen LogP contribution is -2.07. The third-order valence-electron chi connectivity index (χ3n) is 2.02. The highest BCUT2D eigenvalue weighted by atomic mass is 19.1. The summed E-state index contributed by atoms with van der Waals surface area (Å²) in [5.74, 6) is -0.897. The lowest BCUT2D eigenvalue weighted by atomic mass is 10.0. The van der Waals surface area contributed by atoms with Gasteiger partial charge in [-0.05, 0) is 30.2 Å². The summed E-state index contributed by atoms with van der Waals surface area (Å²) in [5.41, 5.74) is 6.84. The van der Waals surface area contributed by atoms with Gasteiger partial charge in [0.15, 0.2) is 0 Å². The van der Waals surface area contributed by atoms with Gasteiger partial charge in [-0.25, -0.2) is 4.39 Å². The normalized spacial score (nSPS) is 9.93. The number of hydrogen-bond donors (Lipinski definition) is 1. The lowest BCUT2D eigenvalue weighted by Gasteiger charge is -2.06. The van der Waals surface area contributed by atoms with Crippen molar-refractivity contribution in [2.45, 2.75) is 13.3 Å². The molecule has 0 aliphatic carbocycles. The summed E-state index contributed by atoms with van der Waals surface area (Å²) in [6.07, 6.45) is 0.0690. The Balaban J connectivity index is 2.98. The average molecular weight is 197 g/mol. The zero-order valence-corrected chi connectivity index (χ0v) is 8.13. The molecule has 76 valence electrons. The summed E-state index contributed by atoms with van der Waals surface area (Å²) < 4.78 is 17.5. The number of nitrogens with two attached hydrogens (primary N) is 1. The number of carbonyl (C=O) groups is 1. The zero-order chi connectivity index (χ0) is 10.7. The van der Waals surface area contributed by atoms with E-state index in [1.165, 1.54) is 19.2 Å². The standard InChI is InChI=1S/C10H12FNO2/c1-6-3-9(12)8(11)4-7(6)5-10(13)14-2/h3-4H,5,12H2,1-2H3. The van der Waals surface area contributed by atoms with Crippen LogP contribution in [-0.2, 0) is 16.0 Å². The van der Waals surface area contributed by atoms with Gasteiger partial charge in [-0.3, -0.25) is 4.79 Å². The van der Waals surface area contributed by atoms with Crippen LogP contribution in [0, 0.1) is 12.7 Å². The van der Waals surface area contributed by atoms with Gasteiger partial charge in [0.1, 0.15) is 5.82 Å². The minimum atomic E-state index is -0.505. The molecule has 2 N–H and O–H groups in total. The van der Waals surface area contributed by atoms with E-state index in [1.54, 1.807) is 6.92 Å². The van der Waals surface area contributed by atoms with Gasteiger partial charge in [0.25, 0.3) is 0 Å². The Hall–Kier alpha value is -1.58. The molecule has 0 saturated carbocycles. The number of nitrogen functional groups attached to an aromatic ring is 1. The van der Waals surface area contributed by atoms with Gasteiger partial charge in [0.05, 0.1) is 19.2 Å². The van der Waals surface area contributed by atoms with Crippen molar-refractivity contribution in [2.24, 2.45) is 0 Å². The highest BCUT2D eigenvalue weighted by Crippen LogP contribution is 2.17. The molecule has 0 atom stereocenters. The van der Waals surface area contributed by atoms with Gasteiger partial charge < -0.3 is 10.5 Å². The fourth-order valence-electron chi connectivity index (χ4n) is 1.16. The van der Waals surface area contributed by atoms with Crippen molar-refractivity contribution < 1.29 is 13.9 Å². The minimum Gasteiger partial charge on any atom is -0.469 e. The van der Waals surface area contributed by atoms with E-state index in [9.17, 15) is 9.18 Å². The summed E-state index contributed by atoms with van der Waals surface area (Å²) in [4.78, 5) is 11.0. The van der Waals surface area contributed by atoms with E-state index >= 15 is 0 Å². The predicted molar refractivity (Wildman–Crippen MR) is 51.3 cm³/mol. The highest BCUT2D eigenvalue weighted by molar-refractivity contribution is 5.73. The topological polar surface area (TPSA) is 52.3 Å². The summed E-state index contributed by atoms with van der Waals surface area (Å²) >= 11 is 0. The number of rotatable bonds is 2. The molecule has 1 aromatic carbocycles. The van der Waals surface area contributed by atoms with Gasteiger partial charge in [0, 0.05) is 0 Å². The van der Waals surface area contributed by atoms with Crippen molar-refractivity contribution in [3.63, 3.8) is 0 Å². The number of hydrogen-bond acceptors (Lipinski definition) is 3. The Labute approximate surface area is 81.7 Å². The SMILES string of the molecule is COC(=O)Cc1cc(F)c(N)cc1C. The van der Waals surface area contributed by atoms with Crippen molar-refractivity contribution in [2.75, 3.05) is 12.8 Å². The molecule has 14 heavy (non-hydrogen) atoms. The van der Waals surface area contributed by atoms with E-state index in [-0.39, 0.29) is 12.1 Å². The van der Waals surface area contributed by atoms with E-state index in [0.717, 1.165) is 5.56 Å². The van der Waals surface area contributed by atoms with Crippen LogP contribution in [0.4, 0.5) is 10.1 Å². The molecule has 0 amide bonds. The number of anilines is 1. The molecule has 0 spiro atoms. The van der Waals surface area contributed by atoms with Crippen molar-refractivity contribution in [1.29, 1.82) is 0 Å². The average Bonchev–Trinajstić information content (AvgIpc) is 2.14. The van der Waals surface area contributed by atoms with E-state index < -0.39 is 11.8 Å². The van der Waals surface area contributed by atoms with Crippen LogP contribution in [0.25, 0.3) is 0 Å². The molecule has 0 heterocycles. The number of halogens is 1. The third kappa shape index (κ3) is 2.22. The molecule has 0 radical (unpaired) electrons. The van der Waals surface area contributed by atoms with Gasteiger partial charge >= 0.3 is 5.97 Å². The number of benzene rings is 1. The molecule has 0 fully saturated rings. The van der Waals surface area contributed by atoms with Crippen LogP contribution >= 0.6 is 0 Å². The molecule has 0 saturated heterocycles. The maximum Gasteiger partial charge on any atom is 0.309 e. The molecule has 0 unspecified atom stereocenters. The summed E-state index contributed by atoms with van der Waals surface area (Å²) in [6, 6.07) is 2.77. The Kier molecular flexibility index (Phi) is 3.06. The fraction of sp³-hybridized carbons (Fsp3) is 0.300. The Morgan fingerprint density at radius 1 is 1.57 bits per heavy atom. The van der Waals surface area contributed by atoms with Gasteiger partial charge in [0.2, 0.25) is 0 Å². The lowest BCUT2D eigenvalue weighted by molar-refractivity contribution is -0.139. The van der Waals surface area contributed by atoms with Gasteiger partial charge in [-0.2, -0.15) is 0 Å².